The van der Waals surface area contributed by atoms with E-state index in [0.29, 0.717) is 57.8 Å². The van der Waals surface area contributed by atoms with Gasteiger partial charge in [0.2, 0.25) is 6.29 Å². The molecule has 10 aliphatic rings. The SMILES string of the molecule is CC[C@H](C)C(CC(O)CC(=O)O[C@H]1[C@@H](O)[C@H](O[C@@H]2O[C@@H](C)[C@H](O[C@@H]3OC[C@@H](O)[C@H](O[C@@H]4OC[C@](O)(CO)[C@H]4C)[C@H]3O)[C@@H](O)[C@H]2O)[C@@H](OC(=O)[C@]23CCC(C)(C)C[C@H]2C2=CCC4[C@@]5(C)CC[C@H](O)[C@@](C)(C=O)C5CC[C@@]4(C)[C@]2(C)C[C@H]3O)O[C@H]1C)OC(=O)CC(O)CC(O[C@@H]1O[C@@H](CO)[C@H](O)[C@H]1O)[C@@H](C)CC. The van der Waals surface area contributed by atoms with Crippen molar-refractivity contribution >= 4 is 24.2 Å². The van der Waals surface area contributed by atoms with Crippen LogP contribution in [0.4, 0.5) is 0 Å². The first-order chi connectivity index (χ1) is 49.7. The molecule has 0 aromatic carbocycles. The molecule has 0 bridgehead atoms. The molecule has 30 heteroatoms. The fourth-order valence-electron chi connectivity index (χ4n) is 20.1. The van der Waals surface area contributed by atoms with Gasteiger partial charge in [-0.3, -0.25) is 14.4 Å². The van der Waals surface area contributed by atoms with Gasteiger partial charge < -0.3 is 133 Å². The van der Waals surface area contributed by atoms with Gasteiger partial charge in [0.25, 0.3) is 0 Å². The molecular weight excluding hydrogens is 1390 g/mol. The van der Waals surface area contributed by atoms with E-state index in [1.54, 1.807) is 13.8 Å². The minimum atomic E-state index is -2.08. The smallest absolute Gasteiger partial charge is 0.317 e. The molecule has 0 aromatic rings. The molecule has 5 aliphatic heterocycles. The van der Waals surface area contributed by atoms with E-state index in [1.165, 1.54) is 13.8 Å². The van der Waals surface area contributed by atoms with Crippen LogP contribution in [0.2, 0.25) is 0 Å². The topological polar surface area (TPSA) is 462 Å². The van der Waals surface area contributed by atoms with Gasteiger partial charge in [-0.2, -0.15) is 0 Å². The Balaban J connectivity index is 0.871. The van der Waals surface area contributed by atoms with Gasteiger partial charge in [-0.1, -0.05) is 101 Å². The summed E-state index contributed by atoms with van der Waals surface area (Å²) in [5.74, 6) is -4.84. The van der Waals surface area contributed by atoms with Crippen molar-refractivity contribution in [1.29, 1.82) is 0 Å². The molecule has 4 saturated carbocycles. The standard InChI is InChI=1S/C76H124O30/c1-14-35(3)45(99-52(85)26-41(81)25-46(36(4)15-2)100-67-56(89)54(87)47(30-77)101-67)24-40(80)27-53(86)102-61-39(7)98-68(63(58(61)91)105-66-57(90)55(88)60(38(6)97-66)103-65-59(92)62(44(82)31-95-65)104-64-37(5)75(94,33-79)34-96-64)106-69(93)76-23-22-70(8,9)28-43(76)42-16-17-49-71(10)20-19-50(83)72(11,32-78)48(71)18-21-73(49,12)74(42,13)29-51(76)84/h16,32,35-41,43-51,54-68,77,79-84,87-92,94H,14-15,17-31,33-34H2,1-13H3/t35-,36-,37-,38-,39-,40?,41?,43-,44+,45?,46?,47-,48?,49?,50-,51+,54-,55-,56+,57+,58+,59+,60-,61+,62-,63-,64-,65-,66-,67+,68+,71-,72-,73+,74+,75+,76+/m0/s1. The van der Waals surface area contributed by atoms with Gasteiger partial charge >= 0.3 is 17.9 Å². The second-order valence-corrected chi connectivity index (χ2v) is 34.9. The van der Waals surface area contributed by atoms with Gasteiger partial charge in [0.15, 0.2) is 37.4 Å². The molecular formula is C76H124O30. The summed E-state index contributed by atoms with van der Waals surface area (Å²) in [5.41, 5.74) is -4.98. The number of esters is 3. The molecule has 9 fully saturated rings. The average Bonchev–Trinajstić information content (AvgIpc) is 0.744. The normalized spacial score (nSPS) is 47.4. The molecule has 0 aromatic heterocycles. The first-order valence-electron chi connectivity index (χ1n) is 38.7. The summed E-state index contributed by atoms with van der Waals surface area (Å²) in [6, 6.07) is 0. The lowest BCUT2D eigenvalue weighted by molar-refractivity contribution is -0.376. The average molecular weight is 1520 g/mol. The zero-order valence-electron chi connectivity index (χ0n) is 63.8. The van der Waals surface area contributed by atoms with Crippen molar-refractivity contribution in [3.05, 3.63) is 11.6 Å². The number of carbonyl (C=O) groups excluding carboxylic acids is 4. The lowest BCUT2D eigenvalue weighted by Crippen LogP contribution is -2.68. The number of aliphatic hydroxyl groups is 14. The molecule has 0 amide bonds. The molecule has 14 N–H and O–H groups in total. The molecule has 10 rings (SSSR count). The lowest BCUT2D eigenvalue weighted by Gasteiger charge is -2.71. The molecule has 5 saturated heterocycles. The van der Waals surface area contributed by atoms with Gasteiger partial charge in [-0.15, -0.1) is 0 Å². The first kappa shape index (κ1) is 85.3. The first-order valence-corrected chi connectivity index (χ1v) is 38.7. The molecule has 5 heterocycles. The van der Waals surface area contributed by atoms with Crippen molar-refractivity contribution < 1.29 is 148 Å². The largest absolute Gasteiger partial charge is 0.462 e. The van der Waals surface area contributed by atoms with Crippen molar-refractivity contribution in [2.24, 2.45) is 68.0 Å². The fraction of sp³-hybridized carbons (Fsp3) is 0.921. The molecule has 30 nitrogen and oxygen atoms in total. The van der Waals surface area contributed by atoms with Crippen molar-refractivity contribution in [2.75, 3.05) is 26.4 Å². The summed E-state index contributed by atoms with van der Waals surface area (Å²) < 4.78 is 72.3. The van der Waals surface area contributed by atoms with Crippen molar-refractivity contribution in [3.8, 4) is 0 Å². The Labute approximate surface area is 620 Å². The zero-order valence-corrected chi connectivity index (χ0v) is 63.8. The van der Waals surface area contributed by atoms with Crippen LogP contribution in [0.3, 0.4) is 0 Å². The number of fused-ring (bicyclic) bond motifs is 7. The minimum absolute atomic E-state index is 0.0495. The van der Waals surface area contributed by atoms with Crippen LogP contribution in [0.1, 0.15) is 186 Å². The highest BCUT2D eigenvalue weighted by molar-refractivity contribution is 5.80. The van der Waals surface area contributed by atoms with Crippen LogP contribution >= 0.6 is 0 Å². The van der Waals surface area contributed by atoms with Crippen LogP contribution in [0, 0.1) is 68.0 Å². The predicted octanol–water partition coefficient (Wildman–Crippen LogP) is 1.39. The van der Waals surface area contributed by atoms with Crippen LogP contribution < -0.4 is 0 Å². The Morgan fingerprint density at radius 3 is 1.87 bits per heavy atom. The van der Waals surface area contributed by atoms with Crippen LogP contribution in [-0.4, -0.2) is 281 Å². The van der Waals surface area contributed by atoms with Crippen LogP contribution in [0.15, 0.2) is 11.6 Å². The molecule has 608 valence electrons. The Bertz CT molecular complexity index is 3030. The highest BCUT2D eigenvalue weighted by Gasteiger charge is 2.73. The molecule has 106 heavy (non-hydrogen) atoms. The Hall–Kier alpha value is -3.10. The Kier molecular flexibility index (Phi) is 26.7. The zero-order chi connectivity index (χ0) is 78.0. The van der Waals surface area contributed by atoms with E-state index < -0.39 is 243 Å². The summed E-state index contributed by atoms with van der Waals surface area (Å²) in [6.07, 6.45) is -30.1. The monoisotopic (exact) mass is 1520 g/mol. The highest BCUT2D eigenvalue weighted by atomic mass is 16.8. The Morgan fingerprint density at radius 1 is 0.623 bits per heavy atom. The minimum Gasteiger partial charge on any atom is -0.462 e. The third-order valence-corrected chi connectivity index (χ3v) is 27.8. The number of rotatable bonds is 27. The molecule has 5 aliphatic carbocycles. The van der Waals surface area contributed by atoms with Crippen molar-refractivity contribution in [3.63, 3.8) is 0 Å². The van der Waals surface area contributed by atoms with E-state index in [1.807, 2.05) is 27.7 Å². The predicted molar refractivity (Wildman–Crippen MR) is 369 cm³/mol. The molecule has 6 unspecified atom stereocenters. The maximum absolute atomic E-state index is 16.0. The highest BCUT2D eigenvalue weighted by Crippen LogP contribution is 2.76. The van der Waals surface area contributed by atoms with E-state index in [2.05, 4.69) is 40.7 Å². The quantitative estimate of drug-likeness (QED) is 0.0239. The van der Waals surface area contributed by atoms with Gasteiger partial charge in [0.1, 0.15) is 84.4 Å². The number of carbonyl (C=O) groups is 4. The van der Waals surface area contributed by atoms with E-state index in [-0.39, 0.29) is 66.8 Å². The third-order valence-electron chi connectivity index (χ3n) is 27.8. The van der Waals surface area contributed by atoms with Crippen molar-refractivity contribution in [2.45, 2.75) is 345 Å². The second-order valence-electron chi connectivity index (χ2n) is 34.9. The summed E-state index contributed by atoms with van der Waals surface area (Å²) in [7, 11) is 0. The number of aldehydes is 1. The summed E-state index contributed by atoms with van der Waals surface area (Å²) in [5, 5.41) is 158. The molecule has 37 atom stereocenters. The van der Waals surface area contributed by atoms with Gasteiger partial charge in [-0.25, -0.2) is 0 Å². The maximum Gasteiger partial charge on any atom is 0.317 e. The number of ether oxygens (including phenoxy) is 12. The summed E-state index contributed by atoms with van der Waals surface area (Å²) in [6.45, 7) is 22.6. The van der Waals surface area contributed by atoms with E-state index in [4.69, 9.17) is 56.8 Å². The van der Waals surface area contributed by atoms with E-state index in [9.17, 15) is 85.9 Å². The van der Waals surface area contributed by atoms with Crippen LogP contribution in [0.5, 0.6) is 0 Å². The van der Waals surface area contributed by atoms with Crippen molar-refractivity contribution in [1.82, 2.24) is 0 Å². The van der Waals surface area contributed by atoms with E-state index in [0.717, 1.165) is 11.9 Å². The number of hydrogen-bond acceptors (Lipinski definition) is 30. The number of hydrogen-bond donors (Lipinski definition) is 14. The third kappa shape index (κ3) is 16.0. The van der Waals surface area contributed by atoms with E-state index >= 15 is 4.79 Å². The van der Waals surface area contributed by atoms with Crippen LogP contribution in [-0.2, 0) is 76.0 Å². The molecule has 0 spiro atoms. The fourth-order valence-corrected chi connectivity index (χ4v) is 20.1. The Morgan fingerprint density at radius 2 is 1.24 bits per heavy atom. The molecule has 0 radical (unpaired) electrons. The summed E-state index contributed by atoms with van der Waals surface area (Å²) >= 11 is 0. The lowest BCUT2D eigenvalue weighted by atomic mass is 9.33. The van der Waals surface area contributed by atoms with Gasteiger partial charge in [0.05, 0.1) is 87.4 Å². The maximum atomic E-state index is 16.0. The van der Waals surface area contributed by atoms with Gasteiger partial charge in [-0.05, 0) is 123 Å². The number of aliphatic hydroxyl groups excluding tert-OH is 13. The summed E-state index contributed by atoms with van der Waals surface area (Å²) in [4.78, 5) is 56.7. The van der Waals surface area contributed by atoms with Gasteiger partial charge in [0, 0.05) is 18.8 Å². The van der Waals surface area contributed by atoms with Crippen LogP contribution in [0.25, 0.3) is 0 Å². The second kappa shape index (κ2) is 33.2. The number of allylic oxidation sites excluding steroid dienone is 2.